The number of carbonyl (C=O) groups excluding carboxylic acids is 1. The number of aromatic nitrogens is 1. The zero-order valence-corrected chi connectivity index (χ0v) is 12.4. The van der Waals surface area contributed by atoms with Crippen LogP contribution in [0.1, 0.15) is 23.6 Å². The van der Waals surface area contributed by atoms with Gasteiger partial charge in [-0.2, -0.15) is 0 Å². The van der Waals surface area contributed by atoms with Crippen LogP contribution in [0.15, 0.2) is 42.7 Å². The van der Waals surface area contributed by atoms with Crippen molar-refractivity contribution in [1.82, 2.24) is 9.88 Å². The SMILES string of the molecule is CCc1cccc(C23OCCN2C(=O)Nc2ccncc23)c1. The molecule has 2 aromatic rings. The maximum Gasteiger partial charge on any atom is 0.324 e. The van der Waals surface area contributed by atoms with Crippen LogP contribution in [0.5, 0.6) is 0 Å². The average molecular weight is 295 g/mol. The summed E-state index contributed by atoms with van der Waals surface area (Å²) in [5.41, 5.74) is 2.99. The third-order valence-electron chi connectivity index (χ3n) is 4.41. The summed E-state index contributed by atoms with van der Waals surface area (Å²) in [5.74, 6) is 0. The molecule has 22 heavy (non-hydrogen) atoms. The van der Waals surface area contributed by atoms with Crippen LogP contribution < -0.4 is 5.32 Å². The van der Waals surface area contributed by atoms with Crippen LogP contribution in [0.3, 0.4) is 0 Å². The highest BCUT2D eigenvalue weighted by Gasteiger charge is 2.52. The minimum atomic E-state index is -0.864. The van der Waals surface area contributed by atoms with Gasteiger partial charge >= 0.3 is 6.03 Å². The van der Waals surface area contributed by atoms with E-state index in [2.05, 4.69) is 29.4 Å². The van der Waals surface area contributed by atoms with E-state index in [1.54, 1.807) is 17.3 Å². The van der Waals surface area contributed by atoms with Gasteiger partial charge in [0, 0.05) is 24.5 Å². The van der Waals surface area contributed by atoms with Crippen molar-refractivity contribution >= 4 is 11.7 Å². The predicted octanol–water partition coefficient (Wildman–Crippen LogP) is 2.72. The van der Waals surface area contributed by atoms with E-state index in [0.717, 1.165) is 23.2 Å². The number of hydrogen-bond acceptors (Lipinski definition) is 3. The highest BCUT2D eigenvalue weighted by atomic mass is 16.5. The quantitative estimate of drug-likeness (QED) is 0.927. The van der Waals surface area contributed by atoms with E-state index in [0.29, 0.717) is 13.2 Å². The number of carbonyl (C=O) groups is 1. The number of nitrogens with one attached hydrogen (secondary N) is 1. The Morgan fingerprint density at radius 2 is 2.32 bits per heavy atom. The molecule has 2 amide bonds. The molecule has 5 nitrogen and oxygen atoms in total. The summed E-state index contributed by atoms with van der Waals surface area (Å²) in [6.07, 6.45) is 4.40. The van der Waals surface area contributed by atoms with Gasteiger partial charge < -0.3 is 10.1 Å². The molecule has 112 valence electrons. The molecule has 0 spiro atoms. The summed E-state index contributed by atoms with van der Waals surface area (Å²) in [6, 6.07) is 9.94. The van der Waals surface area contributed by atoms with Crippen molar-refractivity contribution in [3.63, 3.8) is 0 Å². The average Bonchev–Trinajstić information content (AvgIpc) is 3.02. The molecule has 0 aliphatic carbocycles. The minimum Gasteiger partial charge on any atom is -0.345 e. The lowest BCUT2D eigenvalue weighted by Gasteiger charge is -2.42. The van der Waals surface area contributed by atoms with Crippen molar-refractivity contribution in [1.29, 1.82) is 0 Å². The van der Waals surface area contributed by atoms with E-state index in [4.69, 9.17) is 4.74 Å². The molecule has 1 aromatic carbocycles. The van der Waals surface area contributed by atoms with Crippen molar-refractivity contribution in [2.75, 3.05) is 18.5 Å². The molecule has 0 saturated carbocycles. The number of fused-ring (bicyclic) bond motifs is 3. The normalized spacial score (nSPS) is 23.0. The first-order chi connectivity index (χ1) is 10.8. The Balaban J connectivity index is 1.98. The maximum absolute atomic E-state index is 12.5. The smallest absolute Gasteiger partial charge is 0.324 e. The second kappa shape index (κ2) is 4.81. The molecule has 4 rings (SSSR count). The van der Waals surface area contributed by atoms with Gasteiger partial charge in [0.1, 0.15) is 0 Å². The summed E-state index contributed by atoms with van der Waals surface area (Å²) in [6.45, 7) is 3.20. The van der Waals surface area contributed by atoms with E-state index in [1.165, 1.54) is 5.56 Å². The van der Waals surface area contributed by atoms with Gasteiger partial charge in [0.2, 0.25) is 5.72 Å². The molecule has 2 aliphatic heterocycles. The third-order valence-corrected chi connectivity index (χ3v) is 4.41. The number of rotatable bonds is 2. The van der Waals surface area contributed by atoms with Crippen molar-refractivity contribution in [3.8, 4) is 0 Å². The lowest BCUT2D eigenvalue weighted by atomic mass is 9.90. The first-order valence-electron chi connectivity index (χ1n) is 7.52. The summed E-state index contributed by atoms with van der Waals surface area (Å²) >= 11 is 0. The Labute approximate surface area is 128 Å². The van der Waals surface area contributed by atoms with E-state index in [-0.39, 0.29) is 6.03 Å². The van der Waals surface area contributed by atoms with Crippen LogP contribution in [-0.4, -0.2) is 29.1 Å². The van der Waals surface area contributed by atoms with Crippen LogP contribution >= 0.6 is 0 Å². The molecule has 1 saturated heterocycles. The van der Waals surface area contributed by atoms with Crippen LogP contribution in [0.2, 0.25) is 0 Å². The number of urea groups is 1. The van der Waals surface area contributed by atoms with Crippen LogP contribution in [-0.2, 0) is 16.9 Å². The fourth-order valence-electron chi connectivity index (χ4n) is 3.34. The summed E-state index contributed by atoms with van der Waals surface area (Å²) < 4.78 is 6.15. The van der Waals surface area contributed by atoms with Gasteiger partial charge in [-0.25, -0.2) is 4.79 Å². The first kappa shape index (κ1) is 13.3. The number of ether oxygens (including phenoxy) is 1. The van der Waals surface area contributed by atoms with Gasteiger partial charge in [-0.1, -0.05) is 31.2 Å². The lowest BCUT2D eigenvalue weighted by molar-refractivity contribution is -0.0329. The van der Waals surface area contributed by atoms with Gasteiger partial charge in [-0.15, -0.1) is 0 Å². The predicted molar refractivity (Wildman–Crippen MR) is 82.5 cm³/mol. The first-order valence-corrected chi connectivity index (χ1v) is 7.52. The Kier molecular flexibility index (Phi) is 2.90. The van der Waals surface area contributed by atoms with E-state index in [1.807, 2.05) is 18.2 Å². The minimum absolute atomic E-state index is 0.127. The molecule has 0 bridgehead atoms. The van der Waals surface area contributed by atoms with Gasteiger partial charge in [0.05, 0.1) is 17.9 Å². The molecule has 1 N–H and O–H groups in total. The number of hydrogen-bond donors (Lipinski definition) is 1. The zero-order valence-electron chi connectivity index (χ0n) is 12.4. The topological polar surface area (TPSA) is 54.5 Å². The summed E-state index contributed by atoms with van der Waals surface area (Å²) in [4.78, 5) is 18.5. The number of nitrogens with zero attached hydrogens (tertiary/aromatic N) is 2. The zero-order chi connectivity index (χ0) is 15.2. The Morgan fingerprint density at radius 3 is 3.18 bits per heavy atom. The van der Waals surface area contributed by atoms with Crippen LogP contribution in [0, 0.1) is 0 Å². The number of aryl methyl sites for hydroxylation is 1. The highest BCUT2D eigenvalue weighted by Crippen LogP contribution is 2.46. The van der Waals surface area contributed by atoms with E-state index in [9.17, 15) is 4.79 Å². The molecule has 3 heterocycles. The van der Waals surface area contributed by atoms with Gasteiger partial charge in [0.15, 0.2) is 0 Å². The second-order valence-corrected chi connectivity index (χ2v) is 5.55. The van der Waals surface area contributed by atoms with Crippen LogP contribution in [0.4, 0.5) is 10.5 Å². The number of anilines is 1. The fourth-order valence-corrected chi connectivity index (χ4v) is 3.34. The van der Waals surface area contributed by atoms with Gasteiger partial charge in [-0.3, -0.25) is 9.88 Å². The van der Waals surface area contributed by atoms with Crippen molar-refractivity contribution in [2.45, 2.75) is 19.1 Å². The van der Waals surface area contributed by atoms with E-state index >= 15 is 0 Å². The third kappa shape index (κ3) is 1.69. The second-order valence-electron chi connectivity index (χ2n) is 5.55. The molecular formula is C17H17N3O2. The van der Waals surface area contributed by atoms with Gasteiger partial charge in [-0.05, 0) is 18.1 Å². The standard InChI is InChI=1S/C17H17N3O2/c1-2-12-4-3-5-13(10-12)17-14-11-18-7-6-15(14)19-16(21)20(17)8-9-22-17/h3-7,10-11H,2,8-9H2,1H3,(H,19,21). The monoisotopic (exact) mass is 295 g/mol. The fraction of sp³-hybridized carbons (Fsp3) is 0.294. The molecule has 1 unspecified atom stereocenters. The molecule has 2 aliphatic rings. The summed E-state index contributed by atoms with van der Waals surface area (Å²) in [5, 5.41) is 2.92. The van der Waals surface area contributed by atoms with Crippen LogP contribution in [0.25, 0.3) is 0 Å². The van der Waals surface area contributed by atoms with Gasteiger partial charge in [0.25, 0.3) is 0 Å². The lowest BCUT2D eigenvalue weighted by Crippen LogP contribution is -2.52. The Hall–Kier alpha value is -2.40. The summed E-state index contributed by atoms with van der Waals surface area (Å²) in [7, 11) is 0. The Bertz CT molecular complexity index is 746. The molecule has 0 radical (unpaired) electrons. The molecule has 5 heteroatoms. The van der Waals surface area contributed by atoms with Crippen molar-refractivity contribution in [3.05, 3.63) is 59.4 Å². The molecule has 1 atom stereocenters. The molecule has 1 fully saturated rings. The highest BCUT2D eigenvalue weighted by molar-refractivity contribution is 5.94. The maximum atomic E-state index is 12.5. The molecular weight excluding hydrogens is 278 g/mol. The number of pyridine rings is 1. The number of benzene rings is 1. The Morgan fingerprint density at radius 1 is 1.41 bits per heavy atom. The van der Waals surface area contributed by atoms with Crippen molar-refractivity contribution in [2.24, 2.45) is 0 Å². The largest absolute Gasteiger partial charge is 0.345 e. The van der Waals surface area contributed by atoms with Crippen molar-refractivity contribution < 1.29 is 9.53 Å². The molecule has 1 aromatic heterocycles. The van der Waals surface area contributed by atoms with E-state index < -0.39 is 5.72 Å². The number of amides is 2.